The summed E-state index contributed by atoms with van der Waals surface area (Å²) in [4.78, 5) is 12.9. The maximum Gasteiger partial charge on any atom is 0.213 e. The van der Waals surface area contributed by atoms with Gasteiger partial charge in [0, 0.05) is 18.9 Å². The van der Waals surface area contributed by atoms with Gasteiger partial charge in [-0.15, -0.1) is 0 Å². The fourth-order valence-corrected chi connectivity index (χ4v) is 2.43. The van der Waals surface area contributed by atoms with Gasteiger partial charge in [-0.25, -0.2) is 0 Å². The predicted molar refractivity (Wildman–Crippen MR) is 91.5 cm³/mol. The zero-order valence-electron chi connectivity index (χ0n) is 14.6. The van der Waals surface area contributed by atoms with Crippen molar-refractivity contribution in [2.24, 2.45) is 11.0 Å². The van der Waals surface area contributed by atoms with Crippen LogP contribution >= 0.6 is 0 Å². The second-order valence-corrected chi connectivity index (χ2v) is 5.80. The minimum absolute atomic E-state index is 0.0582. The number of nitrogens with one attached hydrogen (secondary N) is 1. The van der Waals surface area contributed by atoms with Crippen molar-refractivity contribution in [1.82, 2.24) is 5.43 Å². The van der Waals surface area contributed by atoms with Crippen LogP contribution in [0, 0.1) is 12.8 Å². The zero-order valence-corrected chi connectivity index (χ0v) is 14.6. The molecule has 1 aromatic rings. The number of Topliss-reactive ketones (excluding diaryl/α,β-unsaturated/α-hetero) is 1. The van der Waals surface area contributed by atoms with Crippen LogP contribution in [0.25, 0.3) is 0 Å². The number of carbonyl (C=O) groups is 1. The van der Waals surface area contributed by atoms with Crippen molar-refractivity contribution in [3.63, 3.8) is 0 Å². The summed E-state index contributed by atoms with van der Waals surface area (Å²) >= 11 is 0. The van der Waals surface area contributed by atoms with E-state index in [1.54, 1.807) is 6.21 Å². The number of methoxy groups -OCH3 is 1. The van der Waals surface area contributed by atoms with Crippen molar-refractivity contribution in [3.05, 3.63) is 34.4 Å². The standard InChI is InChI=1S/C18H28N2O2/c1-7-14-9-13(5)10-15(8-2)16(14)17(21)18(22-6)20-19-11-12(3)4/h9-12,18,20H,7-8H2,1-6H3/b19-11+. The van der Waals surface area contributed by atoms with Crippen LogP contribution in [0.15, 0.2) is 17.2 Å². The molecule has 0 aliphatic heterocycles. The molecule has 1 atom stereocenters. The number of nitrogens with zero attached hydrogens (tertiary/aromatic N) is 1. The van der Waals surface area contributed by atoms with Gasteiger partial charge in [0.2, 0.25) is 12.0 Å². The Morgan fingerprint density at radius 2 is 1.82 bits per heavy atom. The Balaban J connectivity index is 3.13. The topological polar surface area (TPSA) is 50.7 Å². The third kappa shape index (κ3) is 4.67. The molecule has 1 N–H and O–H groups in total. The molecule has 0 bridgehead atoms. The number of rotatable bonds is 8. The Kier molecular flexibility index (Phi) is 7.25. The first kappa shape index (κ1) is 18.4. The maximum absolute atomic E-state index is 12.9. The second kappa shape index (κ2) is 8.69. The normalized spacial score (nSPS) is 12.9. The highest BCUT2D eigenvalue weighted by Crippen LogP contribution is 2.21. The molecular weight excluding hydrogens is 276 g/mol. The molecule has 0 spiro atoms. The number of benzene rings is 1. The van der Waals surface area contributed by atoms with Crippen LogP contribution < -0.4 is 5.43 Å². The van der Waals surface area contributed by atoms with Gasteiger partial charge in [0.25, 0.3) is 0 Å². The summed E-state index contributed by atoms with van der Waals surface area (Å²) < 4.78 is 5.30. The van der Waals surface area contributed by atoms with E-state index in [1.165, 1.54) is 12.7 Å². The largest absolute Gasteiger partial charge is 0.353 e. The summed E-state index contributed by atoms with van der Waals surface area (Å²) in [5, 5.41) is 4.10. The molecule has 0 radical (unpaired) electrons. The molecule has 0 saturated heterocycles. The molecule has 0 fully saturated rings. The van der Waals surface area contributed by atoms with E-state index in [0.29, 0.717) is 5.92 Å². The monoisotopic (exact) mass is 304 g/mol. The zero-order chi connectivity index (χ0) is 16.7. The molecule has 0 heterocycles. The minimum Gasteiger partial charge on any atom is -0.353 e. The quantitative estimate of drug-likeness (QED) is 0.346. The van der Waals surface area contributed by atoms with Gasteiger partial charge >= 0.3 is 0 Å². The first-order valence-electron chi connectivity index (χ1n) is 7.92. The molecule has 0 aromatic heterocycles. The molecule has 0 aliphatic carbocycles. The minimum atomic E-state index is -0.756. The van der Waals surface area contributed by atoms with Crippen LogP contribution in [-0.4, -0.2) is 25.3 Å². The number of carbonyl (C=O) groups excluding carboxylic acids is 1. The first-order valence-corrected chi connectivity index (χ1v) is 7.92. The van der Waals surface area contributed by atoms with Crippen molar-refractivity contribution in [1.29, 1.82) is 0 Å². The molecule has 1 rings (SSSR count). The van der Waals surface area contributed by atoms with Crippen molar-refractivity contribution in [2.75, 3.05) is 7.11 Å². The van der Waals surface area contributed by atoms with Crippen molar-refractivity contribution in [2.45, 2.75) is 53.7 Å². The first-order chi connectivity index (χ1) is 10.4. The average molecular weight is 304 g/mol. The van der Waals surface area contributed by atoms with Gasteiger partial charge in [-0.3, -0.25) is 10.2 Å². The lowest BCUT2D eigenvalue weighted by atomic mass is 9.91. The number of hydrogen-bond acceptors (Lipinski definition) is 4. The Hall–Kier alpha value is -1.68. The van der Waals surface area contributed by atoms with Crippen LogP contribution in [0.4, 0.5) is 0 Å². The number of aryl methyl sites for hydroxylation is 3. The van der Waals surface area contributed by atoms with Crippen LogP contribution in [0.3, 0.4) is 0 Å². The van der Waals surface area contributed by atoms with Crippen molar-refractivity contribution >= 4 is 12.0 Å². The van der Waals surface area contributed by atoms with E-state index in [0.717, 1.165) is 29.5 Å². The average Bonchev–Trinajstić information content (AvgIpc) is 2.49. The van der Waals surface area contributed by atoms with Crippen LogP contribution in [0.1, 0.15) is 54.7 Å². The highest BCUT2D eigenvalue weighted by Gasteiger charge is 2.24. The van der Waals surface area contributed by atoms with E-state index >= 15 is 0 Å². The third-order valence-corrected chi connectivity index (χ3v) is 3.49. The summed E-state index contributed by atoms with van der Waals surface area (Å²) in [5.74, 6) is 0.258. The van der Waals surface area contributed by atoms with E-state index < -0.39 is 6.23 Å². The van der Waals surface area contributed by atoms with Gasteiger partial charge in [0.15, 0.2) is 0 Å². The number of hydrazone groups is 1. The van der Waals surface area contributed by atoms with Crippen LogP contribution in [0.5, 0.6) is 0 Å². The number of ether oxygens (including phenoxy) is 1. The van der Waals surface area contributed by atoms with Crippen molar-refractivity contribution < 1.29 is 9.53 Å². The summed E-state index contributed by atoms with van der Waals surface area (Å²) in [6, 6.07) is 4.16. The van der Waals surface area contributed by atoms with Crippen molar-refractivity contribution in [3.8, 4) is 0 Å². The Bertz CT molecular complexity index is 511. The van der Waals surface area contributed by atoms with E-state index in [1.807, 2.05) is 13.8 Å². The van der Waals surface area contributed by atoms with Gasteiger partial charge in [0.1, 0.15) is 0 Å². The highest BCUT2D eigenvalue weighted by molar-refractivity contribution is 6.02. The number of hydrogen-bond donors (Lipinski definition) is 1. The molecule has 1 unspecified atom stereocenters. The van der Waals surface area contributed by atoms with E-state index in [9.17, 15) is 4.79 Å². The van der Waals surface area contributed by atoms with Crippen LogP contribution in [0.2, 0.25) is 0 Å². The van der Waals surface area contributed by atoms with Gasteiger partial charge < -0.3 is 4.74 Å². The van der Waals surface area contributed by atoms with E-state index in [-0.39, 0.29) is 5.78 Å². The van der Waals surface area contributed by atoms with E-state index in [4.69, 9.17) is 4.74 Å². The lowest BCUT2D eigenvalue weighted by Crippen LogP contribution is -2.36. The molecular formula is C18H28N2O2. The Morgan fingerprint density at radius 3 is 2.23 bits per heavy atom. The summed E-state index contributed by atoms with van der Waals surface area (Å²) in [6.07, 6.45) is 2.65. The summed E-state index contributed by atoms with van der Waals surface area (Å²) in [7, 11) is 1.52. The van der Waals surface area contributed by atoms with Gasteiger partial charge in [-0.1, -0.05) is 45.4 Å². The number of ketones is 1. The molecule has 0 amide bonds. The fraction of sp³-hybridized carbons (Fsp3) is 0.556. The molecule has 4 heteroatoms. The maximum atomic E-state index is 12.9. The van der Waals surface area contributed by atoms with Gasteiger partial charge in [-0.2, -0.15) is 5.10 Å². The van der Waals surface area contributed by atoms with E-state index in [2.05, 4.69) is 43.4 Å². The summed E-state index contributed by atoms with van der Waals surface area (Å²) in [6.45, 7) is 10.2. The highest BCUT2D eigenvalue weighted by atomic mass is 16.5. The Labute approximate surface area is 134 Å². The smallest absolute Gasteiger partial charge is 0.213 e. The molecule has 1 aromatic carbocycles. The third-order valence-electron chi connectivity index (χ3n) is 3.49. The van der Waals surface area contributed by atoms with Gasteiger partial charge in [-0.05, 0) is 36.8 Å². The second-order valence-electron chi connectivity index (χ2n) is 5.80. The molecule has 0 aliphatic rings. The molecule has 122 valence electrons. The molecule has 22 heavy (non-hydrogen) atoms. The predicted octanol–water partition coefficient (Wildman–Crippen LogP) is 3.51. The lowest BCUT2D eigenvalue weighted by molar-refractivity contribution is 0.0499. The van der Waals surface area contributed by atoms with Crippen LogP contribution in [-0.2, 0) is 17.6 Å². The Morgan fingerprint density at radius 1 is 1.27 bits per heavy atom. The molecule has 4 nitrogen and oxygen atoms in total. The fourth-order valence-electron chi connectivity index (χ4n) is 2.43. The summed E-state index contributed by atoms with van der Waals surface area (Å²) in [5.41, 5.74) is 6.91. The lowest BCUT2D eigenvalue weighted by Gasteiger charge is -2.19. The molecule has 0 saturated carbocycles. The van der Waals surface area contributed by atoms with Gasteiger partial charge in [0.05, 0.1) is 0 Å². The SMILES string of the molecule is CCc1cc(C)cc(CC)c1C(=O)C(N/N=C/C(C)C)OC.